The number of nitrogens with one attached hydrogen (secondary N) is 1. The van der Waals surface area contributed by atoms with Gasteiger partial charge >= 0.3 is 0 Å². The second-order valence-electron chi connectivity index (χ2n) is 7.65. The van der Waals surface area contributed by atoms with E-state index in [1.54, 1.807) is 0 Å². The van der Waals surface area contributed by atoms with Crippen LogP contribution in [0, 0.1) is 5.82 Å². The van der Waals surface area contributed by atoms with Gasteiger partial charge in [-0.1, -0.05) is 13.3 Å². The molecule has 1 aromatic carbocycles. The van der Waals surface area contributed by atoms with Crippen LogP contribution < -0.4 is 15.1 Å². The number of hydrogen-bond donors (Lipinski definition) is 1. The van der Waals surface area contributed by atoms with Crippen LogP contribution in [-0.2, 0) is 6.54 Å². The van der Waals surface area contributed by atoms with E-state index in [1.807, 2.05) is 31.4 Å². The highest BCUT2D eigenvalue weighted by Crippen LogP contribution is 2.20. The van der Waals surface area contributed by atoms with Crippen LogP contribution >= 0.6 is 0 Å². The van der Waals surface area contributed by atoms with Gasteiger partial charge in [-0.05, 0) is 48.4 Å². The summed E-state index contributed by atoms with van der Waals surface area (Å²) >= 11 is 0. The number of benzene rings is 1. The number of anilines is 2. The average Bonchev–Trinajstić information content (AvgIpc) is 2.79. The number of rotatable bonds is 7. The molecule has 6 nitrogen and oxygen atoms in total. The van der Waals surface area contributed by atoms with Crippen LogP contribution in [0.4, 0.5) is 15.9 Å². The van der Waals surface area contributed by atoms with Crippen molar-refractivity contribution in [2.24, 2.45) is 4.99 Å². The van der Waals surface area contributed by atoms with E-state index in [9.17, 15) is 4.39 Å². The van der Waals surface area contributed by atoms with Gasteiger partial charge in [0.1, 0.15) is 11.6 Å². The minimum atomic E-state index is -0.195. The van der Waals surface area contributed by atoms with Crippen LogP contribution in [0.25, 0.3) is 0 Å². The van der Waals surface area contributed by atoms with Gasteiger partial charge in [0.25, 0.3) is 0 Å². The van der Waals surface area contributed by atoms with Crippen LogP contribution in [0.2, 0.25) is 0 Å². The third-order valence-electron chi connectivity index (χ3n) is 5.48. The molecule has 1 aliphatic rings. The number of hydrogen-bond acceptors (Lipinski definition) is 4. The Labute approximate surface area is 179 Å². The number of halogens is 1. The van der Waals surface area contributed by atoms with E-state index in [0.717, 1.165) is 56.6 Å². The van der Waals surface area contributed by atoms with Gasteiger partial charge in [0, 0.05) is 65.2 Å². The minimum absolute atomic E-state index is 0.195. The summed E-state index contributed by atoms with van der Waals surface area (Å²) in [6.07, 6.45) is 4.20. The number of nitrogens with zero attached hydrogens (tertiary/aromatic N) is 5. The van der Waals surface area contributed by atoms with E-state index < -0.39 is 0 Å². The Morgan fingerprint density at radius 1 is 1.13 bits per heavy atom. The van der Waals surface area contributed by atoms with Crippen molar-refractivity contribution in [1.29, 1.82) is 0 Å². The average molecular weight is 413 g/mol. The Hall–Kier alpha value is -2.83. The van der Waals surface area contributed by atoms with Gasteiger partial charge in [-0.3, -0.25) is 4.99 Å². The first kappa shape index (κ1) is 21.9. The first-order valence-electron chi connectivity index (χ1n) is 10.7. The Kier molecular flexibility index (Phi) is 7.88. The Balaban J connectivity index is 1.55. The van der Waals surface area contributed by atoms with Crippen LogP contribution in [0.15, 0.2) is 47.6 Å². The van der Waals surface area contributed by atoms with Crippen molar-refractivity contribution < 1.29 is 4.39 Å². The third kappa shape index (κ3) is 5.84. The van der Waals surface area contributed by atoms with Crippen molar-refractivity contribution in [2.75, 3.05) is 56.6 Å². The van der Waals surface area contributed by atoms with Gasteiger partial charge in [-0.25, -0.2) is 9.37 Å². The summed E-state index contributed by atoms with van der Waals surface area (Å²) in [5.41, 5.74) is 2.26. The van der Waals surface area contributed by atoms with E-state index in [1.165, 1.54) is 24.1 Å². The third-order valence-corrected chi connectivity index (χ3v) is 5.48. The van der Waals surface area contributed by atoms with E-state index >= 15 is 0 Å². The lowest BCUT2D eigenvalue weighted by Gasteiger charge is -2.36. The molecule has 0 spiro atoms. The molecule has 0 radical (unpaired) electrons. The largest absolute Gasteiger partial charge is 0.368 e. The molecular formula is C23H33FN6. The summed E-state index contributed by atoms with van der Waals surface area (Å²) in [7, 11) is 3.90. The van der Waals surface area contributed by atoms with Crippen molar-refractivity contribution in [3.05, 3.63) is 54.0 Å². The highest BCUT2D eigenvalue weighted by Gasteiger charge is 2.18. The fraction of sp³-hybridized carbons (Fsp3) is 0.478. The SMILES string of the molecule is CCCCN(C)C(=NC)NCc1ccnc(N2CCN(c3ccc(F)cc3)CC2)c1. The number of aromatic nitrogens is 1. The maximum atomic E-state index is 13.2. The summed E-state index contributed by atoms with van der Waals surface area (Å²) in [4.78, 5) is 15.7. The zero-order chi connectivity index (χ0) is 21.3. The van der Waals surface area contributed by atoms with E-state index in [2.05, 4.69) is 50.0 Å². The highest BCUT2D eigenvalue weighted by atomic mass is 19.1. The van der Waals surface area contributed by atoms with Gasteiger partial charge in [0.2, 0.25) is 0 Å². The van der Waals surface area contributed by atoms with E-state index in [4.69, 9.17) is 0 Å². The summed E-state index contributed by atoms with van der Waals surface area (Å²) in [5, 5.41) is 3.45. The fourth-order valence-corrected chi connectivity index (χ4v) is 3.66. The smallest absolute Gasteiger partial charge is 0.193 e. The van der Waals surface area contributed by atoms with Gasteiger partial charge in [0.15, 0.2) is 5.96 Å². The lowest BCUT2D eigenvalue weighted by atomic mass is 10.2. The standard InChI is InChI=1S/C23H33FN6/c1-4-5-12-28(3)23(25-2)27-18-19-10-11-26-22(17-19)30-15-13-29(14-16-30)21-8-6-20(24)7-9-21/h6-11,17H,4-5,12-16,18H2,1-3H3,(H,25,27). The Bertz CT molecular complexity index is 815. The molecule has 1 aliphatic heterocycles. The van der Waals surface area contributed by atoms with Crippen molar-refractivity contribution in [3.63, 3.8) is 0 Å². The normalized spacial score (nSPS) is 14.7. The first-order chi connectivity index (χ1) is 14.6. The maximum absolute atomic E-state index is 13.2. The quantitative estimate of drug-likeness (QED) is 0.558. The molecule has 162 valence electrons. The lowest BCUT2D eigenvalue weighted by molar-refractivity contribution is 0.464. The van der Waals surface area contributed by atoms with Crippen LogP contribution in [0.3, 0.4) is 0 Å². The second-order valence-corrected chi connectivity index (χ2v) is 7.65. The molecule has 0 bridgehead atoms. The summed E-state index contributed by atoms with van der Waals surface area (Å²) in [6, 6.07) is 10.9. The van der Waals surface area contributed by atoms with Gasteiger partial charge in [0.05, 0.1) is 0 Å². The topological polar surface area (TPSA) is 47.0 Å². The number of pyridine rings is 1. The van der Waals surface area contributed by atoms with Crippen LogP contribution in [0.1, 0.15) is 25.3 Å². The molecule has 3 rings (SSSR count). The van der Waals surface area contributed by atoms with E-state index in [0.29, 0.717) is 6.54 Å². The molecule has 1 saturated heterocycles. The lowest BCUT2D eigenvalue weighted by Crippen LogP contribution is -2.46. The van der Waals surface area contributed by atoms with Crippen LogP contribution in [-0.4, -0.2) is 62.7 Å². The number of aliphatic imine (C=N–C) groups is 1. The molecule has 0 aliphatic carbocycles. The van der Waals surface area contributed by atoms with Gasteiger partial charge in [-0.2, -0.15) is 0 Å². The molecule has 0 atom stereocenters. The van der Waals surface area contributed by atoms with Crippen molar-refractivity contribution in [3.8, 4) is 0 Å². The summed E-state index contributed by atoms with van der Waals surface area (Å²) in [6.45, 7) is 7.48. The predicted octanol–water partition coefficient (Wildman–Crippen LogP) is 3.35. The molecule has 30 heavy (non-hydrogen) atoms. The number of piperazine rings is 1. The molecule has 1 fully saturated rings. The first-order valence-corrected chi connectivity index (χ1v) is 10.7. The molecule has 7 heteroatoms. The molecule has 1 aromatic heterocycles. The molecule has 0 saturated carbocycles. The highest BCUT2D eigenvalue weighted by molar-refractivity contribution is 5.79. The van der Waals surface area contributed by atoms with Crippen LogP contribution in [0.5, 0.6) is 0 Å². The molecule has 0 amide bonds. The van der Waals surface area contributed by atoms with Gasteiger partial charge < -0.3 is 20.0 Å². The Morgan fingerprint density at radius 2 is 1.83 bits per heavy atom. The summed E-state index contributed by atoms with van der Waals surface area (Å²) in [5.74, 6) is 1.72. The summed E-state index contributed by atoms with van der Waals surface area (Å²) < 4.78 is 13.2. The van der Waals surface area contributed by atoms with E-state index in [-0.39, 0.29) is 5.82 Å². The molecule has 2 heterocycles. The zero-order valence-electron chi connectivity index (χ0n) is 18.3. The zero-order valence-corrected chi connectivity index (χ0v) is 18.3. The molecule has 2 aromatic rings. The number of unbranched alkanes of at least 4 members (excludes halogenated alkanes) is 1. The monoisotopic (exact) mass is 412 g/mol. The van der Waals surface area contributed by atoms with Crippen molar-refractivity contribution >= 4 is 17.5 Å². The minimum Gasteiger partial charge on any atom is -0.368 e. The van der Waals surface area contributed by atoms with Gasteiger partial charge in [-0.15, -0.1) is 0 Å². The van der Waals surface area contributed by atoms with Crippen molar-refractivity contribution in [1.82, 2.24) is 15.2 Å². The molecule has 0 unspecified atom stereocenters. The fourth-order valence-electron chi connectivity index (χ4n) is 3.66. The number of guanidine groups is 1. The Morgan fingerprint density at radius 3 is 2.50 bits per heavy atom. The molecule has 1 N–H and O–H groups in total. The predicted molar refractivity (Wildman–Crippen MR) is 123 cm³/mol. The molecular weight excluding hydrogens is 379 g/mol. The second kappa shape index (κ2) is 10.8. The maximum Gasteiger partial charge on any atom is 0.193 e. The van der Waals surface area contributed by atoms with Crippen molar-refractivity contribution in [2.45, 2.75) is 26.3 Å².